The summed E-state index contributed by atoms with van der Waals surface area (Å²) in [4.78, 5) is 26.0. The monoisotopic (exact) mass is 351 g/mol. The fourth-order valence-corrected chi connectivity index (χ4v) is 2.52. The maximum atomic E-state index is 12.9. The molecule has 1 heterocycles. The molecule has 0 aliphatic carbocycles. The fraction of sp³-hybridized carbons (Fsp3) is 0.556. The summed E-state index contributed by atoms with van der Waals surface area (Å²) in [6, 6.07) is 5.74. The van der Waals surface area contributed by atoms with Gasteiger partial charge in [-0.25, -0.2) is 9.18 Å². The molecule has 7 heteroatoms. The van der Waals surface area contributed by atoms with Crippen molar-refractivity contribution in [3.63, 3.8) is 0 Å². The molecule has 2 rings (SSSR count). The molecule has 1 aliphatic heterocycles. The summed E-state index contributed by atoms with van der Waals surface area (Å²) in [5.74, 6) is -0.434. The molecule has 1 atom stereocenters. The first kappa shape index (κ1) is 19.2. The number of halogens is 1. The lowest BCUT2D eigenvalue weighted by Crippen LogP contribution is -2.59. The minimum Gasteiger partial charge on any atom is -0.444 e. The van der Waals surface area contributed by atoms with Crippen LogP contribution in [0.2, 0.25) is 0 Å². The van der Waals surface area contributed by atoms with Crippen LogP contribution in [0, 0.1) is 5.82 Å². The molecule has 0 spiro atoms. The summed E-state index contributed by atoms with van der Waals surface area (Å²) in [5.41, 5.74) is 0.392. The molecular weight excluding hydrogens is 325 g/mol. The Bertz CT molecular complexity index is 599. The van der Waals surface area contributed by atoms with Crippen molar-refractivity contribution in [1.29, 1.82) is 0 Å². The Morgan fingerprint density at radius 1 is 1.32 bits per heavy atom. The van der Waals surface area contributed by atoms with Gasteiger partial charge in [-0.05, 0) is 44.9 Å². The van der Waals surface area contributed by atoms with E-state index < -0.39 is 17.7 Å². The minimum atomic E-state index is -0.561. The zero-order valence-electron chi connectivity index (χ0n) is 15.0. The molecule has 1 fully saturated rings. The number of rotatable bonds is 4. The van der Waals surface area contributed by atoms with Crippen molar-refractivity contribution in [2.24, 2.45) is 0 Å². The second-order valence-electron chi connectivity index (χ2n) is 7.10. The third-order valence-corrected chi connectivity index (χ3v) is 3.77. The van der Waals surface area contributed by atoms with Gasteiger partial charge in [0.2, 0.25) is 5.91 Å². The fourth-order valence-electron chi connectivity index (χ4n) is 2.52. The molecule has 2 N–H and O–H groups in total. The maximum absolute atomic E-state index is 12.9. The smallest absolute Gasteiger partial charge is 0.410 e. The highest BCUT2D eigenvalue weighted by Gasteiger charge is 2.30. The van der Waals surface area contributed by atoms with Gasteiger partial charge in [-0.2, -0.15) is 0 Å². The summed E-state index contributed by atoms with van der Waals surface area (Å²) in [6.45, 7) is 7.21. The highest BCUT2D eigenvalue weighted by Crippen LogP contribution is 2.11. The van der Waals surface area contributed by atoms with Crippen molar-refractivity contribution in [2.45, 2.75) is 38.8 Å². The number of carbonyl (C=O) groups is 2. The van der Waals surface area contributed by atoms with Crippen LogP contribution in [0.3, 0.4) is 0 Å². The zero-order valence-corrected chi connectivity index (χ0v) is 15.0. The van der Waals surface area contributed by atoms with E-state index in [9.17, 15) is 14.0 Å². The lowest BCUT2D eigenvalue weighted by molar-refractivity contribution is -0.124. The van der Waals surface area contributed by atoms with E-state index in [1.807, 2.05) is 20.8 Å². The molecule has 1 aliphatic rings. The number of hydrogen-bond donors (Lipinski definition) is 2. The largest absolute Gasteiger partial charge is 0.444 e. The maximum Gasteiger partial charge on any atom is 0.410 e. The summed E-state index contributed by atoms with van der Waals surface area (Å²) < 4.78 is 18.2. The Morgan fingerprint density at radius 3 is 2.64 bits per heavy atom. The van der Waals surface area contributed by atoms with Crippen LogP contribution in [0.25, 0.3) is 0 Å². The van der Waals surface area contributed by atoms with Crippen LogP contribution in [-0.2, 0) is 16.0 Å². The Hall–Kier alpha value is -2.15. The lowest BCUT2D eigenvalue weighted by atomic mass is 10.1. The van der Waals surface area contributed by atoms with Crippen molar-refractivity contribution in [2.75, 3.05) is 26.2 Å². The number of ether oxygens (including phenoxy) is 1. The number of nitrogens with zero attached hydrogens (tertiary/aromatic N) is 1. The van der Waals surface area contributed by atoms with Crippen LogP contribution in [0.4, 0.5) is 9.18 Å². The topological polar surface area (TPSA) is 70.7 Å². The molecule has 6 nitrogen and oxygen atoms in total. The van der Waals surface area contributed by atoms with Crippen LogP contribution in [0.5, 0.6) is 0 Å². The van der Waals surface area contributed by atoms with Gasteiger partial charge in [0.1, 0.15) is 17.5 Å². The molecule has 2 amide bonds. The molecule has 25 heavy (non-hydrogen) atoms. The van der Waals surface area contributed by atoms with E-state index in [4.69, 9.17) is 4.74 Å². The highest BCUT2D eigenvalue weighted by atomic mass is 19.1. The highest BCUT2D eigenvalue weighted by molar-refractivity contribution is 5.83. The first-order valence-corrected chi connectivity index (χ1v) is 8.48. The number of piperazine rings is 1. The van der Waals surface area contributed by atoms with Crippen molar-refractivity contribution in [1.82, 2.24) is 15.5 Å². The predicted molar refractivity (Wildman–Crippen MR) is 92.7 cm³/mol. The van der Waals surface area contributed by atoms with Gasteiger partial charge in [-0.15, -0.1) is 0 Å². The second kappa shape index (κ2) is 8.29. The number of amides is 2. The predicted octanol–water partition coefficient (Wildman–Crippen LogP) is 1.69. The summed E-state index contributed by atoms with van der Waals surface area (Å²) in [5, 5.41) is 5.96. The van der Waals surface area contributed by atoms with Crippen molar-refractivity contribution in [3.05, 3.63) is 35.6 Å². The number of nitrogens with one attached hydrogen (secondary N) is 2. The Kier molecular flexibility index (Phi) is 6.36. The summed E-state index contributed by atoms with van der Waals surface area (Å²) in [7, 11) is 0. The van der Waals surface area contributed by atoms with Gasteiger partial charge < -0.3 is 20.3 Å². The lowest BCUT2D eigenvalue weighted by Gasteiger charge is -2.34. The standard InChI is InChI=1S/C18H26FN3O3/c1-18(2,3)25-17(24)22-11-10-20-15(12-22)16(23)21-9-8-13-4-6-14(19)7-5-13/h4-7,15,20H,8-12H2,1-3H3,(H,21,23). The van der Waals surface area contributed by atoms with E-state index in [2.05, 4.69) is 10.6 Å². The van der Waals surface area contributed by atoms with Crippen LogP contribution in [-0.4, -0.2) is 54.7 Å². The number of benzene rings is 1. The Labute approximate surface area is 147 Å². The van der Waals surface area contributed by atoms with Crippen molar-refractivity contribution in [3.8, 4) is 0 Å². The number of carbonyl (C=O) groups excluding carboxylic acids is 2. The van der Waals surface area contributed by atoms with Gasteiger partial charge in [-0.3, -0.25) is 4.79 Å². The van der Waals surface area contributed by atoms with Gasteiger partial charge in [0, 0.05) is 26.2 Å². The third-order valence-electron chi connectivity index (χ3n) is 3.77. The molecule has 1 aromatic rings. The molecule has 0 bridgehead atoms. The molecule has 0 saturated carbocycles. The van der Waals surface area contributed by atoms with Gasteiger partial charge >= 0.3 is 6.09 Å². The normalized spacial score (nSPS) is 17.9. The van der Waals surface area contributed by atoms with Gasteiger partial charge in [0.15, 0.2) is 0 Å². The average Bonchev–Trinajstić information content (AvgIpc) is 2.55. The van der Waals surface area contributed by atoms with E-state index in [1.54, 1.807) is 17.0 Å². The van der Waals surface area contributed by atoms with E-state index in [0.29, 0.717) is 26.1 Å². The minimum absolute atomic E-state index is 0.157. The van der Waals surface area contributed by atoms with E-state index in [1.165, 1.54) is 12.1 Å². The van der Waals surface area contributed by atoms with Gasteiger partial charge in [0.05, 0.1) is 0 Å². The van der Waals surface area contributed by atoms with Crippen molar-refractivity contribution < 1.29 is 18.7 Å². The van der Waals surface area contributed by atoms with Gasteiger partial charge in [-0.1, -0.05) is 12.1 Å². The van der Waals surface area contributed by atoms with Gasteiger partial charge in [0.25, 0.3) is 0 Å². The molecule has 138 valence electrons. The van der Waals surface area contributed by atoms with Crippen LogP contribution in [0.1, 0.15) is 26.3 Å². The Balaban J connectivity index is 1.78. The quantitative estimate of drug-likeness (QED) is 0.866. The first-order chi connectivity index (χ1) is 11.7. The van der Waals surface area contributed by atoms with Crippen LogP contribution < -0.4 is 10.6 Å². The molecule has 1 aromatic carbocycles. The molecule has 0 aromatic heterocycles. The van der Waals surface area contributed by atoms with E-state index in [-0.39, 0.29) is 18.3 Å². The van der Waals surface area contributed by atoms with Crippen LogP contribution in [0.15, 0.2) is 24.3 Å². The Morgan fingerprint density at radius 2 is 2.00 bits per heavy atom. The van der Waals surface area contributed by atoms with Crippen molar-refractivity contribution >= 4 is 12.0 Å². The van der Waals surface area contributed by atoms with E-state index >= 15 is 0 Å². The molecule has 1 saturated heterocycles. The third kappa shape index (κ3) is 6.34. The first-order valence-electron chi connectivity index (χ1n) is 8.48. The summed E-state index contributed by atoms with van der Waals surface area (Å²) >= 11 is 0. The SMILES string of the molecule is CC(C)(C)OC(=O)N1CCNC(C(=O)NCCc2ccc(F)cc2)C1. The second-order valence-corrected chi connectivity index (χ2v) is 7.10. The molecular formula is C18H26FN3O3. The average molecular weight is 351 g/mol. The summed E-state index contributed by atoms with van der Waals surface area (Å²) in [6.07, 6.45) is 0.215. The number of hydrogen-bond acceptors (Lipinski definition) is 4. The van der Waals surface area contributed by atoms with E-state index in [0.717, 1.165) is 5.56 Å². The zero-order chi connectivity index (χ0) is 18.4. The van der Waals surface area contributed by atoms with Crippen LogP contribution >= 0.6 is 0 Å². The molecule has 0 radical (unpaired) electrons. The molecule has 1 unspecified atom stereocenters.